The molecular weight excluding hydrogens is 365 g/mol. The molecule has 26 heavy (non-hydrogen) atoms. The number of benzene rings is 1. The molecule has 0 aliphatic carbocycles. The lowest BCUT2D eigenvalue weighted by molar-refractivity contribution is -0.141. The van der Waals surface area contributed by atoms with Gasteiger partial charge in [-0.2, -0.15) is 18.3 Å². The van der Waals surface area contributed by atoms with Crippen molar-refractivity contribution in [3.8, 4) is 5.69 Å². The van der Waals surface area contributed by atoms with Gasteiger partial charge in [-0.15, -0.1) is 12.4 Å². The first kappa shape index (κ1) is 20.7. The molecule has 0 radical (unpaired) electrons. The Morgan fingerprint density at radius 3 is 2.38 bits per heavy atom. The number of nitrogens with zero attached hydrogens (tertiary/aromatic N) is 3. The molecule has 0 amide bonds. The molecule has 1 aromatic heterocycles. The van der Waals surface area contributed by atoms with Gasteiger partial charge in [-0.25, -0.2) is 4.68 Å². The predicted molar refractivity (Wildman–Crippen MR) is 97.5 cm³/mol. The van der Waals surface area contributed by atoms with Gasteiger partial charge in [-0.1, -0.05) is 26.0 Å². The Hall–Kier alpha value is -1.57. The van der Waals surface area contributed by atoms with E-state index in [0.29, 0.717) is 5.69 Å². The maximum absolute atomic E-state index is 12.6. The van der Waals surface area contributed by atoms with Crippen LogP contribution in [0.1, 0.15) is 31.5 Å². The SMILES string of the molecule is CC1(C)CN(Cc2ccc(-n3ccc(C(F)(F)F)n3)cc2)CCC1N.Cl. The third-order valence-electron chi connectivity index (χ3n) is 4.88. The number of aromatic nitrogens is 2. The summed E-state index contributed by atoms with van der Waals surface area (Å²) in [6.07, 6.45) is -2.13. The van der Waals surface area contributed by atoms with Crippen LogP contribution in [0.3, 0.4) is 0 Å². The Balaban J connectivity index is 0.00000243. The first-order chi connectivity index (χ1) is 11.6. The molecule has 2 N–H and O–H groups in total. The summed E-state index contributed by atoms with van der Waals surface area (Å²) in [5, 5.41) is 3.59. The standard InChI is InChI=1S/C18H23F3N4.ClH/c1-17(2)12-24(9-7-15(17)22)11-13-3-5-14(6-4-13)25-10-8-16(23-25)18(19,20)21;/h3-6,8,10,15H,7,9,11-12,22H2,1-2H3;1H. The summed E-state index contributed by atoms with van der Waals surface area (Å²) in [5.41, 5.74) is 7.10. The molecule has 1 aliphatic heterocycles. The molecule has 1 atom stereocenters. The Bertz CT molecular complexity index is 725. The van der Waals surface area contributed by atoms with Crippen LogP contribution in [0.25, 0.3) is 5.69 Å². The van der Waals surface area contributed by atoms with Gasteiger partial charge in [0.05, 0.1) is 5.69 Å². The highest BCUT2D eigenvalue weighted by atomic mass is 35.5. The lowest BCUT2D eigenvalue weighted by Crippen LogP contribution is -2.52. The van der Waals surface area contributed by atoms with Gasteiger partial charge in [0.25, 0.3) is 0 Å². The molecule has 144 valence electrons. The molecule has 2 heterocycles. The van der Waals surface area contributed by atoms with E-state index in [0.717, 1.165) is 37.7 Å². The van der Waals surface area contributed by atoms with Gasteiger partial charge < -0.3 is 5.73 Å². The quantitative estimate of drug-likeness (QED) is 0.868. The van der Waals surface area contributed by atoms with E-state index in [4.69, 9.17) is 5.73 Å². The van der Waals surface area contributed by atoms with E-state index in [9.17, 15) is 13.2 Å². The molecular formula is C18H24ClF3N4. The predicted octanol–water partition coefficient (Wildman–Crippen LogP) is 3.87. The Morgan fingerprint density at radius 2 is 1.85 bits per heavy atom. The van der Waals surface area contributed by atoms with E-state index in [1.165, 1.54) is 10.9 Å². The first-order valence-corrected chi connectivity index (χ1v) is 8.35. The van der Waals surface area contributed by atoms with E-state index in [-0.39, 0.29) is 23.9 Å². The number of piperidine rings is 1. The highest BCUT2D eigenvalue weighted by molar-refractivity contribution is 5.85. The average molecular weight is 389 g/mol. The van der Waals surface area contributed by atoms with Gasteiger partial charge in [-0.05, 0) is 35.6 Å². The van der Waals surface area contributed by atoms with Crippen molar-refractivity contribution >= 4 is 12.4 Å². The molecule has 4 nitrogen and oxygen atoms in total. The molecule has 3 rings (SSSR count). The van der Waals surface area contributed by atoms with E-state index < -0.39 is 11.9 Å². The van der Waals surface area contributed by atoms with Crippen LogP contribution in [0.5, 0.6) is 0 Å². The topological polar surface area (TPSA) is 47.1 Å². The Kier molecular flexibility index (Phi) is 6.05. The third kappa shape index (κ3) is 4.58. The molecule has 0 saturated carbocycles. The summed E-state index contributed by atoms with van der Waals surface area (Å²) in [6, 6.07) is 8.66. The molecule has 1 fully saturated rings. The van der Waals surface area contributed by atoms with Crippen molar-refractivity contribution in [3.63, 3.8) is 0 Å². The van der Waals surface area contributed by atoms with Crippen LogP contribution in [0.15, 0.2) is 36.5 Å². The summed E-state index contributed by atoms with van der Waals surface area (Å²) in [5.74, 6) is 0. The largest absolute Gasteiger partial charge is 0.435 e. The van der Waals surface area contributed by atoms with Crippen molar-refractivity contribution in [1.29, 1.82) is 0 Å². The van der Waals surface area contributed by atoms with Crippen LogP contribution in [-0.2, 0) is 12.7 Å². The van der Waals surface area contributed by atoms with Crippen LogP contribution in [-0.4, -0.2) is 33.8 Å². The maximum Gasteiger partial charge on any atom is 0.435 e. The van der Waals surface area contributed by atoms with Crippen LogP contribution >= 0.6 is 12.4 Å². The fourth-order valence-electron chi connectivity index (χ4n) is 3.25. The minimum absolute atomic E-state index is 0. The third-order valence-corrected chi connectivity index (χ3v) is 4.88. The summed E-state index contributed by atoms with van der Waals surface area (Å²) in [7, 11) is 0. The van der Waals surface area contributed by atoms with Gasteiger partial charge >= 0.3 is 6.18 Å². The number of nitrogens with two attached hydrogens (primary N) is 1. The fraction of sp³-hybridized carbons (Fsp3) is 0.500. The summed E-state index contributed by atoms with van der Waals surface area (Å²) < 4.78 is 39.2. The molecule has 0 bridgehead atoms. The second kappa shape index (κ2) is 7.58. The monoisotopic (exact) mass is 388 g/mol. The molecule has 1 aromatic carbocycles. The molecule has 1 saturated heterocycles. The lowest BCUT2D eigenvalue weighted by atomic mass is 9.79. The maximum atomic E-state index is 12.6. The normalized spacial score (nSPS) is 20.6. The Morgan fingerprint density at radius 1 is 1.19 bits per heavy atom. The zero-order valence-electron chi connectivity index (χ0n) is 14.8. The van der Waals surface area contributed by atoms with E-state index >= 15 is 0 Å². The second-order valence-corrected chi connectivity index (χ2v) is 7.40. The number of hydrogen-bond donors (Lipinski definition) is 1. The first-order valence-electron chi connectivity index (χ1n) is 8.35. The van der Waals surface area contributed by atoms with Crippen LogP contribution < -0.4 is 5.73 Å². The van der Waals surface area contributed by atoms with Crippen molar-refractivity contribution in [2.45, 2.75) is 39.0 Å². The van der Waals surface area contributed by atoms with Crippen LogP contribution in [0, 0.1) is 5.41 Å². The van der Waals surface area contributed by atoms with Crippen molar-refractivity contribution in [3.05, 3.63) is 47.8 Å². The smallest absolute Gasteiger partial charge is 0.327 e. The van der Waals surface area contributed by atoms with Gasteiger partial charge in [0, 0.05) is 31.9 Å². The zero-order valence-corrected chi connectivity index (χ0v) is 15.6. The van der Waals surface area contributed by atoms with Crippen molar-refractivity contribution in [2.24, 2.45) is 11.1 Å². The zero-order chi connectivity index (χ0) is 18.2. The number of hydrogen-bond acceptors (Lipinski definition) is 3. The number of likely N-dealkylation sites (tertiary alicyclic amines) is 1. The van der Waals surface area contributed by atoms with E-state index in [1.54, 1.807) is 12.1 Å². The lowest BCUT2D eigenvalue weighted by Gasteiger charge is -2.42. The highest BCUT2D eigenvalue weighted by Gasteiger charge is 2.34. The van der Waals surface area contributed by atoms with Crippen LogP contribution in [0.4, 0.5) is 13.2 Å². The average Bonchev–Trinajstić information content (AvgIpc) is 3.02. The van der Waals surface area contributed by atoms with Gasteiger partial charge in [0.1, 0.15) is 0 Å². The Labute approximate surface area is 157 Å². The fourth-order valence-corrected chi connectivity index (χ4v) is 3.25. The molecule has 2 aromatic rings. The van der Waals surface area contributed by atoms with Crippen molar-refractivity contribution < 1.29 is 13.2 Å². The second-order valence-electron chi connectivity index (χ2n) is 7.40. The molecule has 1 unspecified atom stereocenters. The van der Waals surface area contributed by atoms with Crippen molar-refractivity contribution in [2.75, 3.05) is 13.1 Å². The minimum Gasteiger partial charge on any atom is -0.327 e. The van der Waals surface area contributed by atoms with Crippen LogP contribution in [0.2, 0.25) is 0 Å². The summed E-state index contributed by atoms with van der Waals surface area (Å²) in [4.78, 5) is 2.37. The van der Waals surface area contributed by atoms with E-state index in [1.807, 2.05) is 12.1 Å². The summed E-state index contributed by atoms with van der Waals surface area (Å²) >= 11 is 0. The van der Waals surface area contributed by atoms with Crippen molar-refractivity contribution in [1.82, 2.24) is 14.7 Å². The molecule has 1 aliphatic rings. The molecule has 8 heteroatoms. The summed E-state index contributed by atoms with van der Waals surface area (Å²) in [6.45, 7) is 7.07. The highest BCUT2D eigenvalue weighted by Crippen LogP contribution is 2.29. The van der Waals surface area contributed by atoms with Gasteiger partial charge in [-0.3, -0.25) is 4.90 Å². The van der Waals surface area contributed by atoms with Gasteiger partial charge in [0.15, 0.2) is 5.69 Å². The van der Waals surface area contributed by atoms with E-state index in [2.05, 4.69) is 23.8 Å². The van der Waals surface area contributed by atoms with Gasteiger partial charge in [0.2, 0.25) is 0 Å². The number of alkyl halides is 3. The number of halogens is 4. The number of rotatable bonds is 3. The molecule has 0 spiro atoms. The minimum atomic E-state index is -4.42.